The summed E-state index contributed by atoms with van der Waals surface area (Å²) >= 11 is 0. The van der Waals surface area contributed by atoms with Gasteiger partial charge in [-0.3, -0.25) is 4.98 Å². The van der Waals surface area contributed by atoms with E-state index in [-0.39, 0.29) is 24.0 Å². The molecular formula is C14H23IN4. The third kappa shape index (κ3) is 6.75. The Morgan fingerprint density at radius 1 is 1.37 bits per heavy atom. The molecular weight excluding hydrogens is 351 g/mol. The summed E-state index contributed by atoms with van der Waals surface area (Å²) in [5.74, 6) is 1.85. The minimum atomic E-state index is 0. The van der Waals surface area contributed by atoms with E-state index in [0.717, 1.165) is 30.7 Å². The van der Waals surface area contributed by atoms with Gasteiger partial charge in [-0.15, -0.1) is 24.0 Å². The SMILES string of the molecule is CCNC(=NCc1ccccn1)NCCC1CC1.I. The Balaban J connectivity index is 0.00000180. The zero-order valence-electron chi connectivity index (χ0n) is 11.4. The highest BCUT2D eigenvalue weighted by Gasteiger charge is 2.20. The molecule has 1 aromatic rings. The molecule has 0 amide bonds. The molecule has 0 saturated heterocycles. The molecule has 0 aromatic carbocycles. The van der Waals surface area contributed by atoms with Gasteiger partial charge < -0.3 is 10.6 Å². The monoisotopic (exact) mass is 374 g/mol. The van der Waals surface area contributed by atoms with E-state index in [0.29, 0.717) is 6.54 Å². The van der Waals surface area contributed by atoms with E-state index in [1.54, 1.807) is 6.20 Å². The number of nitrogens with zero attached hydrogens (tertiary/aromatic N) is 2. The van der Waals surface area contributed by atoms with Crippen molar-refractivity contribution >= 4 is 29.9 Å². The van der Waals surface area contributed by atoms with Crippen molar-refractivity contribution in [2.75, 3.05) is 13.1 Å². The average Bonchev–Trinajstić information content (AvgIpc) is 3.21. The van der Waals surface area contributed by atoms with Crippen LogP contribution in [0.1, 0.15) is 31.9 Å². The summed E-state index contributed by atoms with van der Waals surface area (Å²) < 4.78 is 0. The Hall–Kier alpha value is -0.850. The maximum atomic E-state index is 4.53. The summed E-state index contributed by atoms with van der Waals surface area (Å²) in [6, 6.07) is 5.91. The summed E-state index contributed by atoms with van der Waals surface area (Å²) in [7, 11) is 0. The molecule has 5 heteroatoms. The third-order valence-corrected chi connectivity index (χ3v) is 3.01. The fourth-order valence-electron chi connectivity index (χ4n) is 1.79. The first-order chi connectivity index (χ1) is 8.88. The number of hydrogen-bond acceptors (Lipinski definition) is 2. The van der Waals surface area contributed by atoms with Crippen molar-refractivity contribution in [2.45, 2.75) is 32.7 Å². The van der Waals surface area contributed by atoms with Crippen LogP contribution in [0.2, 0.25) is 0 Å². The smallest absolute Gasteiger partial charge is 0.191 e. The number of aromatic nitrogens is 1. The van der Waals surface area contributed by atoms with Crippen LogP contribution in [0.5, 0.6) is 0 Å². The van der Waals surface area contributed by atoms with E-state index in [1.165, 1.54) is 19.3 Å². The second-order valence-electron chi connectivity index (χ2n) is 4.68. The maximum absolute atomic E-state index is 4.53. The second-order valence-corrected chi connectivity index (χ2v) is 4.68. The molecule has 2 N–H and O–H groups in total. The molecule has 0 unspecified atom stereocenters. The van der Waals surface area contributed by atoms with Gasteiger partial charge in [-0.25, -0.2) is 4.99 Å². The van der Waals surface area contributed by atoms with Crippen molar-refractivity contribution in [1.82, 2.24) is 15.6 Å². The average molecular weight is 374 g/mol. The van der Waals surface area contributed by atoms with Gasteiger partial charge in [-0.1, -0.05) is 18.9 Å². The molecule has 0 bridgehead atoms. The van der Waals surface area contributed by atoms with E-state index in [2.05, 4.69) is 27.5 Å². The van der Waals surface area contributed by atoms with Crippen molar-refractivity contribution < 1.29 is 0 Å². The van der Waals surface area contributed by atoms with Crippen molar-refractivity contribution in [3.8, 4) is 0 Å². The van der Waals surface area contributed by atoms with E-state index in [1.807, 2.05) is 18.2 Å². The lowest BCUT2D eigenvalue weighted by Gasteiger charge is -2.10. The molecule has 1 aromatic heterocycles. The fourth-order valence-corrected chi connectivity index (χ4v) is 1.79. The predicted molar refractivity (Wildman–Crippen MR) is 89.8 cm³/mol. The van der Waals surface area contributed by atoms with E-state index < -0.39 is 0 Å². The number of hydrogen-bond donors (Lipinski definition) is 2. The Morgan fingerprint density at radius 3 is 2.84 bits per heavy atom. The summed E-state index contributed by atoms with van der Waals surface area (Å²) in [5, 5.41) is 6.63. The first kappa shape index (κ1) is 16.2. The zero-order valence-corrected chi connectivity index (χ0v) is 13.8. The van der Waals surface area contributed by atoms with Crippen LogP contribution in [-0.4, -0.2) is 24.0 Å². The minimum absolute atomic E-state index is 0. The molecule has 106 valence electrons. The lowest BCUT2D eigenvalue weighted by Crippen LogP contribution is -2.37. The van der Waals surface area contributed by atoms with Crippen LogP contribution in [0.3, 0.4) is 0 Å². The van der Waals surface area contributed by atoms with E-state index in [4.69, 9.17) is 0 Å². The van der Waals surface area contributed by atoms with Gasteiger partial charge in [0.05, 0.1) is 12.2 Å². The molecule has 0 atom stereocenters. The third-order valence-electron chi connectivity index (χ3n) is 3.01. The summed E-state index contributed by atoms with van der Waals surface area (Å²) in [6.07, 6.45) is 5.87. The van der Waals surface area contributed by atoms with Crippen LogP contribution in [0.25, 0.3) is 0 Å². The highest BCUT2D eigenvalue weighted by Crippen LogP contribution is 2.31. The minimum Gasteiger partial charge on any atom is -0.357 e. The Bertz CT molecular complexity index is 376. The summed E-state index contributed by atoms with van der Waals surface area (Å²) in [6.45, 7) is 4.61. The molecule has 1 aliphatic rings. The second kappa shape index (κ2) is 9.12. The van der Waals surface area contributed by atoms with Crippen LogP contribution in [-0.2, 0) is 6.54 Å². The van der Waals surface area contributed by atoms with Gasteiger partial charge in [0.25, 0.3) is 0 Å². The number of aliphatic imine (C=N–C) groups is 1. The van der Waals surface area contributed by atoms with Crippen molar-refractivity contribution in [3.05, 3.63) is 30.1 Å². The molecule has 4 nitrogen and oxygen atoms in total. The molecule has 19 heavy (non-hydrogen) atoms. The highest BCUT2D eigenvalue weighted by atomic mass is 127. The first-order valence-electron chi connectivity index (χ1n) is 6.80. The van der Waals surface area contributed by atoms with Gasteiger partial charge >= 0.3 is 0 Å². The topological polar surface area (TPSA) is 49.3 Å². The largest absolute Gasteiger partial charge is 0.357 e. The number of rotatable bonds is 6. The van der Waals surface area contributed by atoms with Gasteiger partial charge in [0.15, 0.2) is 5.96 Å². The maximum Gasteiger partial charge on any atom is 0.191 e. The van der Waals surface area contributed by atoms with Gasteiger partial charge in [0, 0.05) is 19.3 Å². The van der Waals surface area contributed by atoms with Crippen LogP contribution in [0.15, 0.2) is 29.4 Å². The number of halogens is 1. The molecule has 0 aliphatic heterocycles. The molecule has 1 heterocycles. The molecule has 1 fully saturated rings. The predicted octanol–water partition coefficient (Wildman–Crippen LogP) is 2.55. The van der Waals surface area contributed by atoms with Crippen LogP contribution >= 0.6 is 24.0 Å². The Labute approximate surface area is 132 Å². The van der Waals surface area contributed by atoms with Crippen LogP contribution in [0.4, 0.5) is 0 Å². The lowest BCUT2D eigenvalue weighted by atomic mass is 10.3. The van der Waals surface area contributed by atoms with Gasteiger partial charge in [-0.2, -0.15) is 0 Å². The normalized spacial score (nSPS) is 14.7. The van der Waals surface area contributed by atoms with E-state index >= 15 is 0 Å². The standard InChI is InChI=1S/C14H22N4.HI/c1-2-15-14(17-10-8-12-6-7-12)18-11-13-5-3-4-9-16-13;/h3-5,9,12H,2,6-8,10-11H2,1H3,(H2,15,17,18);1H. The van der Waals surface area contributed by atoms with Crippen molar-refractivity contribution in [3.63, 3.8) is 0 Å². The summed E-state index contributed by atoms with van der Waals surface area (Å²) in [4.78, 5) is 8.80. The fraction of sp³-hybridized carbons (Fsp3) is 0.571. The number of guanidine groups is 1. The van der Waals surface area contributed by atoms with Crippen molar-refractivity contribution in [1.29, 1.82) is 0 Å². The molecule has 1 aliphatic carbocycles. The van der Waals surface area contributed by atoms with Gasteiger partial charge in [0.2, 0.25) is 0 Å². The van der Waals surface area contributed by atoms with Crippen LogP contribution < -0.4 is 10.6 Å². The first-order valence-corrected chi connectivity index (χ1v) is 6.80. The van der Waals surface area contributed by atoms with Gasteiger partial charge in [-0.05, 0) is 31.4 Å². The van der Waals surface area contributed by atoms with Crippen LogP contribution in [0, 0.1) is 5.92 Å². The number of nitrogens with one attached hydrogen (secondary N) is 2. The lowest BCUT2D eigenvalue weighted by molar-refractivity contribution is 0.685. The number of pyridine rings is 1. The Morgan fingerprint density at radius 2 is 2.21 bits per heavy atom. The highest BCUT2D eigenvalue weighted by molar-refractivity contribution is 14.0. The Kier molecular flexibility index (Phi) is 7.78. The van der Waals surface area contributed by atoms with E-state index in [9.17, 15) is 0 Å². The zero-order chi connectivity index (χ0) is 12.6. The molecule has 0 radical (unpaired) electrons. The quantitative estimate of drug-likeness (QED) is 0.457. The van der Waals surface area contributed by atoms with Gasteiger partial charge in [0.1, 0.15) is 0 Å². The summed E-state index contributed by atoms with van der Waals surface area (Å²) in [5.41, 5.74) is 0.997. The molecule has 0 spiro atoms. The molecule has 2 rings (SSSR count). The molecule has 1 saturated carbocycles. The van der Waals surface area contributed by atoms with Crippen molar-refractivity contribution in [2.24, 2.45) is 10.9 Å².